The maximum Gasteiger partial charge on any atom is 0.239 e. The van der Waals surface area contributed by atoms with E-state index in [-0.39, 0.29) is 5.91 Å². The molecule has 96 valence electrons. The molecule has 0 aliphatic carbocycles. The van der Waals surface area contributed by atoms with E-state index in [2.05, 4.69) is 4.98 Å². The number of nitrogens with two attached hydrogens (primary N) is 1. The third-order valence-electron chi connectivity index (χ3n) is 2.77. The minimum atomic E-state index is -0.523. The molecule has 0 bridgehead atoms. The normalized spacial score (nSPS) is 12.7. The van der Waals surface area contributed by atoms with E-state index >= 15 is 0 Å². The van der Waals surface area contributed by atoms with Crippen molar-refractivity contribution < 1.29 is 9.21 Å². The zero-order chi connectivity index (χ0) is 13.3. The van der Waals surface area contributed by atoms with Crippen molar-refractivity contribution in [1.82, 2.24) is 9.88 Å². The quantitative estimate of drug-likeness (QED) is 0.881. The number of fused-ring (bicyclic) bond motifs is 1. The van der Waals surface area contributed by atoms with Crippen LogP contribution >= 0.6 is 0 Å². The first-order valence-electron chi connectivity index (χ1n) is 5.80. The van der Waals surface area contributed by atoms with Crippen molar-refractivity contribution in [2.45, 2.75) is 19.4 Å². The van der Waals surface area contributed by atoms with Gasteiger partial charge in [-0.1, -0.05) is 6.07 Å². The highest BCUT2D eigenvalue weighted by Crippen LogP contribution is 2.17. The molecule has 1 atom stereocenters. The van der Waals surface area contributed by atoms with Crippen molar-refractivity contribution in [2.24, 2.45) is 5.73 Å². The first kappa shape index (κ1) is 12.6. The van der Waals surface area contributed by atoms with Crippen molar-refractivity contribution >= 4 is 17.0 Å². The molecule has 1 heterocycles. The maximum absolute atomic E-state index is 11.7. The Morgan fingerprint density at radius 3 is 2.89 bits per heavy atom. The third-order valence-corrected chi connectivity index (χ3v) is 2.77. The van der Waals surface area contributed by atoms with Crippen LogP contribution < -0.4 is 5.73 Å². The van der Waals surface area contributed by atoms with Gasteiger partial charge in [0.1, 0.15) is 5.52 Å². The molecule has 1 unspecified atom stereocenters. The van der Waals surface area contributed by atoms with Gasteiger partial charge in [0.15, 0.2) is 11.5 Å². The number of carbonyl (C=O) groups excluding carboxylic acids is 1. The molecule has 5 nitrogen and oxygen atoms in total. The number of benzene rings is 1. The summed E-state index contributed by atoms with van der Waals surface area (Å²) in [5.74, 6) is 0.558. The predicted octanol–water partition coefficient (Wildman–Crippen LogP) is 1.09. The van der Waals surface area contributed by atoms with Crippen LogP contribution in [0.15, 0.2) is 22.6 Å². The molecule has 1 aromatic carbocycles. The Morgan fingerprint density at radius 1 is 1.50 bits per heavy atom. The molecule has 2 aromatic rings. The molecule has 0 fully saturated rings. The van der Waals surface area contributed by atoms with Gasteiger partial charge in [0, 0.05) is 21.0 Å². The summed E-state index contributed by atoms with van der Waals surface area (Å²) in [6, 6.07) is 5.16. The number of hydrogen-bond acceptors (Lipinski definition) is 4. The van der Waals surface area contributed by atoms with Crippen molar-refractivity contribution in [3.63, 3.8) is 0 Å². The van der Waals surface area contributed by atoms with Gasteiger partial charge in [0.2, 0.25) is 5.91 Å². The number of carbonyl (C=O) groups is 1. The smallest absolute Gasteiger partial charge is 0.239 e. The van der Waals surface area contributed by atoms with Crippen LogP contribution in [0.4, 0.5) is 0 Å². The second-order valence-corrected chi connectivity index (χ2v) is 4.58. The summed E-state index contributed by atoms with van der Waals surface area (Å²) in [5, 5.41) is 0. The molecule has 2 N–H and O–H groups in total. The molecular formula is C13H17N3O2. The number of oxazole rings is 1. The molecule has 1 amide bonds. The minimum Gasteiger partial charge on any atom is -0.441 e. The van der Waals surface area contributed by atoms with E-state index in [9.17, 15) is 4.79 Å². The molecule has 0 radical (unpaired) electrons. The van der Waals surface area contributed by atoms with Crippen LogP contribution in [0.25, 0.3) is 11.1 Å². The number of amides is 1. The van der Waals surface area contributed by atoms with E-state index in [0.29, 0.717) is 12.3 Å². The van der Waals surface area contributed by atoms with Gasteiger partial charge in [-0.2, -0.15) is 0 Å². The highest BCUT2D eigenvalue weighted by atomic mass is 16.3. The molecule has 0 saturated heterocycles. The van der Waals surface area contributed by atoms with E-state index in [0.717, 1.165) is 16.7 Å². The van der Waals surface area contributed by atoms with E-state index in [4.69, 9.17) is 10.2 Å². The second-order valence-electron chi connectivity index (χ2n) is 4.58. The van der Waals surface area contributed by atoms with Crippen LogP contribution in [0.1, 0.15) is 11.5 Å². The molecular weight excluding hydrogens is 230 g/mol. The topological polar surface area (TPSA) is 72.4 Å². The monoisotopic (exact) mass is 247 g/mol. The molecule has 0 aliphatic rings. The number of rotatable bonds is 3. The van der Waals surface area contributed by atoms with Crippen molar-refractivity contribution in [2.75, 3.05) is 14.1 Å². The van der Waals surface area contributed by atoms with Crippen LogP contribution in [0.5, 0.6) is 0 Å². The first-order chi connectivity index (χ1) is 8.47. The fraction of sp³-hybridized carbons (Fsp3) is 0.385. The van der Waals surface area contributed by atoms with Gasteiger partial charge in [-0.3, -0.25) is 4.79 Å². The first-order valence-corrected chi connectivity index (χ1v) is 5.80. The standard InChI is InChI=1S/C13H17N3O2/c1-8-15-11-7-9(4-5-12(11)18-8)6-10(14)13(17)16(2)3/h4-5,7,10H,6,14H2,1-3H3. The van der Waals surface area contributed by atoms with Gasteiger partial charge in [0.25, 0.3) is 0 Å². The Balaban J connectivity index is 2.19. The lowest BCUT2D eigenvalue weighted by Crippen LogP contribution is -2.41. The summed E-state index contributed by atoms with van der Waals surface area (Å²) in [6.45, 7) is 1.81. The molecule has 0 spiro atoms. The van der Waals surface area contributed by atoms with E-state index in [1.165, 1.54) is 4.90 Å². The summed E-state index contributed by atoms with van der Waals surface area (Å²) in [5.41, 5.74) is 8.40. The number of likely N-dealkylation sites (N-methyl/N-ethyl adjacent to an activating group) is 1. The highest BCUT2D eigenvalue weighted by molar-refractivity contribution is 5.81. The third kappa shape index (κ3) is 2.51. The van der Waals surface area contributed by atoms with Crippen LogP contribution in [-0.2, 0) is 11.2 Å². The summed E-state index contributed by atoms with van der Waals surface area (Å²) in [7, 11) is 3.40. The number of nitrogens with zero attached hydrogens (tertiary/aromatic N) is 2. The zero-order valence-corrected chi connectivity index (χ0v) is 10.8. The number of hydrogen-bond donors (Lipinski definition) is 1. The van der Waals surface area contributed by atoms with Crippen molar-refractivity contribution in [3.8, 4) is 0 Å². The van der Waals surface area contributed by atoms with Gasteiger partial charge in [-0.15, -0.1) is 0 Å². The second kappa shape index (κ2) is 4.78. The Hall–Kier alpha value is -1.88. The van der Waals surface area contributed by atoms with E-state index in [1.54, 1.807) is 21.0 Å². The maximum atomic E-state index is 11.7. The SMILES string of the molecule is Cc1nc2cc(CC(N)C(=O)N(C)C)ccc2o1. The Bertz CT molecular complexity index is 575. The highest BCUT2D eigenvalue weighted by Gasteiger charge is 2.16. The molecule has 5 heteroatoms. The summed E-state index contributed by atoms with van der Waals surface area (Å²) < 4.78 is 5.40. The van der Waals surface area contributed by atoms with Gasteiger partial charge in [0.05, 0.1) is 6.04 Å². The number of aromatic nitrogens is 1. The summed E-state index contributed by atoms with van der Waals surface area (Å²) in [6.07, 6.45) is 0.499. The van der Waals surface area contributed by atoms with Crippen molar-refractivity contribution in [1.29, 1.82) is 0 Å². The van der Waals surface area contributed by atoms with Gasteiger partial charge >= 0.3 is 0 Å². The van der Waals surface area contributed by atoms with E-state index in [1.807, 2.05) is 18.2 Å². The Morgan fingerprint density at radius 2 is 2.22 bits per heavy atom. The van der Waals surface area contributed by atoms with Crippen LogP contribution in [0, 0.1) is 6.92 Å². The summed E-state index contributed by atoms with van der Waals surface area (Å²) in [4.78, 5) is 17.4. The van der Waals surface area contributed by atoms with Gasteiger partial charge < -0.3 is 15.1 Å². The fourth-order valence-corrected chi connectivity index (χ4v) is 1.89. The average molecular weight is 247 g/mol. The molecule has 0 saturated carbocycles. The lowest BCUT2D eigenvalue weighted by atomic mass is 10.1. The minimum absolute atomic E-state index is 0.0774. The van der Waals surface area contributed by atoms with Crippen LogP contribution in [0.3, 0.4) is 0 Å². The number of aryl methyl sites for hydroxylation is 1. The molecule has 0 aliphatic heterocycles. The van der Waals surface area contributed by atoms with Gasteiger partial charge in [-0.05, 0) is 24.1 Å². The van der Waals surface area contributed by atoms with E-state index < -0.39 is 6.04 Å². The summed E-state index contributed by atoms with van der Waals surface area (Å²) >= 11 is 0. The Kier molecular flexibility index (Phi) is 3.34. The van der Waals surface area contributed by atoms with Crippen LogP contribution in [-0.4, -0.2) is 35.9 Å². The van der Waals surface area contributed by atoms with Crippen LogP contribution in [0.2, 0.25) is 0 Å². The lowest BCUT2D eigenvalue weighted by Gasteiger charge is -2.16. The Labute approximate surface area is 106 Å². The van der Waals surface area contributed by atoms with Gasteiger partial charge in [-0.25, -0.2) is 4.98 Å². The van der Waals surface area contributed by atoms with Crippen molar-refractivity contribution in [3.05, 3.63) is 29.7 Å². The average Bonchev–Trinajstić information content (AvgIpc) is 2.67. The zero-order valence-electron chi connectivity index (χ0n) is 10.8. The molecule has 18 heavy (non-hydrogen) atoms. The molecule has 2 rings (SSSR count). The largest absolute Gasteiger partial charge is 0.441 e. The molecule has 1 aromatic heterocycles. The predicted molar refractivity (Wildman–Crippen MR) is 69.1 cm³/mol. The lowest BCUT2D eigenvalue weighted by molar-refractivity contribution is -0.130. The fourth-order valence-electron chi connectivity index (χ4n) is 1.89.